The fourth-order valence-electron chi connectivity index (χ4n) is 2.75. The summed E-state index contributed by atoms with van der Waals surface area (Å²) >= 11 is 0. The molecule has 1 aromatic heterocycles. The van der Waals surface area contributed by atoms with Crippen molar-refractivity contribution in [3.05, 3.63) is 48.3 Å². The van der Waals surface area contributed by atoms with Gasteiger partial charge in [-0.05, 0) is 31.2 Å². The lowest BCUT2D eigenvalue weighted by Gasteiger charge is -2.34. The highest BCUT2D eigenvalue weighted by Crippen LogP contribution is 2.26. The Morgan fingerprint density at radius 2 is 2.14 bits per heavy atom. The molecule has 5 nitrogen and oxygen atoms in total. The summed E-state index contributed by atoms with van der Waals surface area (Å²) < 4.78 is 7.37. The Bertz CT molecular complexity index is 650. The van der Waals surface area contributed by atoms with Crippen LogP contribution in [0.5, 0.6) is 5.75 Å². The van der Waals surface area contributed by atoms with Crippen LogP contribution in [0.4, 0.5) is 10.5 Å². The summed E-state index contributed by atoms with van der Waals surface area (Å²) in [6.07, 6.45) is 2.06. The van der Waals surface area contributed by atoms with E-state index in [0.717, 1.165) is 18.0 Å². The number of rotatable bonds is 2. The number of nitrogens with one attached hydrogen (secondary N) is 1. The van der Waals surface area contributed by atoms with Gasteiger partial charge >= 0.3 is 6.03 Å². The van der Waals surface area contributed by atoms with Gasteiger partial charge in [0.1, 0.15) is 5.75 Å². The van der Waals surface area contributed by atoms with Gasteiger partial charge in [0, 0.05) is 36.7 Å². The lowest BCUT2D eigenvalue weighted by Crippen LogP contribution is -2.42. The van der Waals surface area contributed by atoms with E-state index in [1.54, 1.807) is 7.11 Å². The molecule has 2 heterocycles. The van der Waals surface area contributed by atoms with E-state index in [4.69, 9.17) is 4.74 Å². The molecule has 0 saturated heterocycles. The Labute approximate surface area is 124 Å². The molecule has 3 rings (SSSR count). The van der Waals surface area contributed by atoms with Crippen LogP contribution in [-0.4, -0.2) is 29.2 Å². The molecular formula is C16H19N3O2. The second-order valence-corrected chi connectivity index (χ2v) is 5.16. The lowest BCUT2D eigenvalue weighted by molar-refractivity contribution is 0.175. The van der Waals surface area contributed by atoms with Crippen LogP contribution in [0.25, 0.3) is 0 Å². The monoisotopic (exact) mass is 285 g/mol. The summed E-state index contributed by atoms with van der Waals surface area (Å²) in [7, 11) is 1.61. The molecule has 0 spiro atoms. The average molecular weight is 285 g/mol. The van der Waals surface area contributed by atoms with Crippen LogP contribution in [0, 0.1) is 0 Å². The van der Waals surface area contributed by atoms with Crippen molar-refractivity contribution in [2.75, 3.05) is 19.0 Å². The topological polar surface area (TPSA) is 46.5 Å². The fourth-order valence-corrected chi connectivity index (χ4v) is 2.75. The number of urea groups is 1. The number of carbonyl (C=O) groups is 1. The first-order valence-corrected chi connectivity index (χ1v) is 7.06. The fraction of sp³-hybridized carbons (Fsp3) is 0.312. The van der Waals surface area contributed by atoms with Crippen molar-refractivity contribution in [3.63, 3.8) is 0 Å². The smallest absolute Gasteiger partial charge is 0.322 e. The van der Waals surface area contributed by atoms with Gasteiger partial charge in [-0.2, -0.15) is 0 Å². The number of fused-ring (bicyclic) bond motifs is 1. The Hall–Kier alpha value is -2.43. The second-order valence-electron chi connectivity index (χ2n) is 5.16. The van der Waals surface area contributed by atoms with Gasteiger partial charge in [0.25, 0.3) is 0 Å². The first-order valence-electron chi connectivity index (χ1n) is 7.06. The van der Waals surface area contributed by atoms with Crippen LogP contribution in [0.1, 0.15) is 18.7 Å². The number of aromatic nitrogens is 1. The number of methoxy groups -OCH3 is 1. The summed E-state index contributed by atoms with van der Waals surface area (Å²) in [5.41, 5.74) is 1.91. The highest BCUT2D eigenvalue weighted by atomic mass is 16.5. The minimum atomic E-state index is -0.0804. The third-order valence-electron chi connectivity index (χ3n) is 3.92. The number of carbonyl (C=O) groups excluding carboxylic acids is 1. The Kier molecular flexibility index (Phi) is 3.56. The van der Waals surface area contributed by atoms with Crippen LogP contribution in [0.15, 0.2) is 42.6 Å². The van der Waals surface area contributed by atoms with E-state index in [1.807, 2.05) is 35.2 Å². The molecule has 0 saturated carbocycles. The predicted molar refractivity (Wildman–Crippen MR) is 81.6 cm³/mol. The van der Waals surface area contributed by atoms with Gasteiger partial charge in [0.15, 0.2) is 0 Å². The van der Waals surface area contributed by atoms with Gasteiger partial charge < -0.3 is 19.5 Å². The van der Waals surface area contributed by atoms with E-state index in [-0.39, 0.29) is 12.1 Å². The number of ether oxygens (including phenoxy) is 1. The van der Waals surface area contributed by atoms with Gasteiger partial charge in [0.05, 0.1) is 13.2 Å². The van der Waals surface area contributed by atoms with Crippen molar-refractivity contribution in [3.8, 4) is 5.75 Å². The molecule has 1 unspecified atom stereocenters. The van der Waals surface area contributed by atoms with E-state index >= 15 is 0 Å². The molecule has 1 aliphatic heterocycles. The molecule has 0 fully saturated rings. The zero-order valence-corrected chi connectivity index (χ0v) is 12.2. The van der Waals surface area contributed by atoms with Crippen molar-refractivity contribution in [1.29, 1.82) is 0 Å². The van der Waals surface area contributed by atoms with E-state index in [0.29, 0.717) is 6.54 Å². The van der Waals surface area contributed by atoms with Crippen LogP contribution in [0.3, 0.4) is 0 Å². The molecule has 5 heteroatoms. The van der Waals surface area contributed by atoms with Gasteiger partial charge in [-0.3, -0.25) is 0 Å². The zero-order valence-electron chi connectivity index (χ0n) is 12.2. The zero-order chi connectivity index (χ0) is 14.8. The summed E-state index contributed by atoms with van der Waals surface area (Å²) in [6.45, 7) is 3.59. The van der Waals surface area contributed by atoms with Gasteiger partial charge in [0.2, 0.25) is 0 Å². The molecule has 2 aromatic rings. The highest BCUT2D eigenvalue weighted by molar-refractivity contribution is 5.89. The molecule has 1 N–H and O–H groups in total. The van der Waals surface area contributed by atoms with Crippen molar-refractivity contribution < 1.29 is 9.53 Å². The van der Waals surface area contributed by atoms with E-state index in [9.17, 15) is 4.79 Å². The maximum atomic E-state index is 12.5. The first-order chi connectivity index (χ1) is 10.2. The predicted octanol–water partition coefficient (Wildman–Crippen LogP) is 3.11. The number of hydrogen-bond acceptors (Lipinski definition) is 2. The minimum absolute atomic E-state index is 0.0688. The SMILES string of the molecule is COc1cccc(NC(=O)N2CCn3cccc3C2C)c1. The summed E-state index contributed by atoms with van der Waals surface area (Å²) in [5, 5.41) is 2.94. The number of anilines is 1. The lowest BCUT2D eigenvalue weighted by atomic mass is 10.1. The van der Waals surface area contributed by atoms with Crippen LogP contribution in [0.2, 0.25) is 0 Å². The molecular weight excluding hydrogens is 266 g/mol. The average Bonchev–Trinajstić information content (AvgIpc) is 2.97. The maximum absolute atomic E-state index is 12.5. The van der Waals surface area contributed by atoms with Crippen LogP contribution < -0.4 is 10.1 Å². The molecule has 1 atom stereocenters. The van der Waals surface area contributed by atoms with E-state index in [2.05, 4.69) is 29.1 Å². The number of hydrogen-bond donors (Lipinski definition) is 1. The number of benzene rings is 1. The largest absolute Gasteiger partial charge is 0.497 e. The van der Waals surface area contributed by atoms with Gasteiger partial charge in [-0.25, -0.2) is 4.79 Å². The second kappa shape index (κ2) is 5.52. The summed E-state index contributed by atoms with van der Waals surface area (Å²) in [5.74, 6) is 0.730. The standard InChI is InChI=1S/C16H19N3O2/c1-12-15-7-4-8-18(15)9-10-19(12)16(20)17-13-5-3-6-14(11-13)21-2/h3-8,11-12H,9-10H2,1-2H3,(H,17,20). The first kappa shape index (κ1) is 13.5. The molecule has 1 aromatic carbocycles. The third-order valence-corrected chi connectivity index (χ3v) is 3.92. The molecule has 2 amide bonds. The Morgan fingerprint density at radius 1 is 1.29 bits per heavy atom. The molecule has 110 valence electrons. The third kappa shape index (κ3) is 2.59. The molecule has 0 bridgehead atoms. The van der Waals surface area contributed by atoms with Crippen molar-refractivity contribution in [2.45, 2.75) is 19.5 Å². The van der Waals surface area contributed by atoms with Crippen molar-refractivity contribution in [2.24, 2.45) is 0 Å². The normalized spacial score (nSPS) is 17.2. The Balaban J connectivity index is 1.74. The van der Waals surface area contributed by atoms with E-state index < -0.39 is 0 Å². The highest BCUT2D eigenvalue weighted by Gasteiger charge is 2.27. The van der Waals surface area contributed by atoms with Crippen LogP contribution >= 0.6 is 0 Å². The number of amides is 2. The maximum Gasteiger partial charge on any atom is 0.322 e. The quantitative estimate of drug-likeness (QED) is 0.921. The van der Waals surface area contributed by atoms with Gasteiger partial charge in [-0.1, -0.05) is 6.07 Å². The minimum Gasteiger partial charge on any atom is -0.497 e. The van der Waals surface area contributed by atoms with Crippen LogP contribution in [-0.2, 0) is 6.54 Å². The Morgan fingerprint density at radius 3 is 2.95 bits per heavy atom. The van der Waals surface area contributed by atoms with Gasteiger partial charge in [-0.15, -0.1) is 0 Å². The molecule has 0 radical (unpaired) electrons. The molecule has 0 aliphatic carbocycles. The van der Waals surface area contributed by atoms with Crippen molar-refractivity contribution >= 4 is 11.7 Å². The summed E-state index contributed by atoms with van der Waals surface area (Å²) in [6, 6.07) is 11.5. The van der Waals surface area contributed by atoms with Crippen molar-refractivity contribution in [1.82, 2.24) is 9.47 Å². The summed E-state index contributed by atoms with van der Waals surface area (Å²) in [4.78, 5) is 14.3. The van der Waals surface area contributed by atoms with E-state index in [1.165, 1.54) is 5.69 Å². The number of nitrogens with zero attached hydrogens (tertiary/aromatic N) is 2. The molecule has 1 aliphatic rings. The molecule has 21 heavy (non-hydrogen) atoms.